The Morgan fingerprint density at radius 1 is 1.44 bits per heavy atom. The van der Waals surface area contributed by atoms with Crippen molar-refractivity contribution < 1.29 is 4.42 Å². The molecule has 2 aromatic rings. The average Bonchev–Trinajstić information content (AvgIpc) is 2.57. The van der Waals surface area contributed by atoms with E-state index in [4.69, 9.17) is 10.2 Å². The Morgan fingerprint density at radius 3 is 3.00 bits per heavy atom. The first-order chi connectivity index (χ1) is 7.69. The largest absolute Gasteiger partial charge is 0.441 e. The molecule has 0 fully saturated rings. The standard InChI is InChI=1S/C13H18N2O/c1-9(5-6-14)7-11-3-4-13-12(8-11)15-10(2)16-13/h3-4,8-9H,5-7,14H2,1-2H3. The van der Waals surface area contributed by atoms with Crippen LogP contribution in [0.25, 0.3) is 11.1 Å². The van der Waals surface area contributed by atoms with Crippen molar-refractivity contribution in [3.8, 4) is 0 Å². The lowest BCUT2D eigenvalue weighted by Gasteiger charge is -2.09. The molecule has 0 saturated heterocycles. The topological polar surface area (TPSA) is 52.0 Å². The van der Waals surface area contributed by atoms with Crippen molar-refractivity contribution in [3.05, 3.63) is 29.7 Å². The fourth-order valence-electron chi connectivity index (χ4n) is 2.00. The van der Waals surface area contributed by atoms with E-state index in [9.17, 15) is 0 Å². The first-order valence-corrected chi connectivity index (χ1v) is 5.75. The van der Waals surface area contributed by atoms with Gasteiger partial charge in [0.25, 0.3) is 0 Å². The lowest BCUT2D eigenvalue weighted by atomic mass is 9.98. The normalized spacial score (nSPS) is 13.2. The number of benzene rings is 1. The molecule has 0 spiro atoms. The van der Waals surface area contributed by atoms with E-state index in [0.717, 1.165) is 36.4 Å². The molecule has 86 valence electrons. The average molecular weight is 218 g/mol. The number of hydrogen-bond acceptors (Lipinski definition) is 3. The summed E-state index contributed by atoms with van der Waals surface area (Å²) in [6.45, 7) is 4.86. The van der Waals surface area contributed by atoms with E-state index in [0.29, 0.717) is 5.92 Å². The quantitative estimate of drug-likeness (QED) is 0.858. The fraction of sp³-hybridized carbons (Fsp3) is 0.462. The summed E-state index contributed by atoms with van der Waals surface area (Å²) in [7, 11) is 0. The molecule has 3 heteroatoms. The highest BCUT2D eigenvalue weighted by atomic mass is 16.3. The summed E-state index contributed by atoms with van der Waals surface area (Å²) in [6.07, 6.45) is 2.12. The second-order valence-electron chi connectivity index (χ2n) is 4.42. The van der Waals surface area contributed by atoms with Gasteiger partial charge >= 0.3 is 0 Å². The van der Waals surface area contributed by atoms with Crippen LogP contribution in [0.15, 0.2) is 22.6 Å². The molecule has 0 aliphatic carbocycles. The van der Waals surface area contributed by atoms with Crippen LogP contribution in [0.5, 0.6) is 0 Å². The lowest BCUT2D eigenvalue weighted by Crippen LogP contribution is -2.07. The summed E-state index contributed by atoms with van der Waals surface area (Å²) in [5.41, 5.74) is 8.68. The SMILES string of the molecule is Cc1nc2cc(CC(C)CCN)ccc2o1. The van der Waals surface area contributed by atoms with Gasteiger partial charge < -0.3 is 10.2 Å². The number of nitrogens with zero attached hydrogens (tertiary/aromatic N) is 1. The molecule has 1 atom stereocenters. The van der Waals surface area contributed by atoms with Crippen molar-refractivity contribution in [2.75, 3.05) is 6.54 Å². The maximum atomic E-state index is 5.55. The van der Waals surface area contributed by atoms with Crippen molar-refractivity contribution in [3.63, 3.8) is 0 Å². The van der Waals surface area contributed by atoms with Gasteiger partial charge in [-0.25, -0.2) is 4.98 Å². The monoisotopic (exact) mass is 218 g/mol. The molecule has 2 N–H and O–H groups in total. The summed E-state index contributed by atoms with van der Waals surface area (Å²) in [4.78, 5) is 4.34. The third kappa shape index (κ3) is 2.42. The maximum absolute atomic E-state index is 5.55. The predicted molar refractivity (Wildman–Crippen MR) is 65.3 cm³/mol. The van der Waals surface area contributed by atoms with Gasteiger partial charge in [-0.05, 0) is 43.0 Å². The van der Waals surface area contributed by atoms with Crippen molar-refractivity contribution in [2.45, 2.75) is 26.7 Å². The van der Waals surface area contributed by atoms with Gasteiger partial charge in [-0.1, -0.05) is 13.0 Å². The first kappa shape index (κ1) is 11.1. The number of aryl methyl sites for hydroxylation is 1. The van der Waals surface area contributed by atoms with Crippen molar-refractivity contribution in [1.82, 2.24) is 4.98 Å². The molecule has 1 heterocycles. The van der Waals surface area contributed by atoms with Crippen molar-refractivity contribution in [2.24, 2.45) is 11.7 Å². The highest BCUT2D eigenvalue weighted by Gasteiger charge is 2.06. The minimum Gasteiger partial charge on any atom is -0.441 e. The number of fused-ring (bicyclic) bond motifs is 1. The summed E-state index contributed by atoms with van der Waals surface area (Å²) in [6, 6.07) is 6.22. The summed E-state index contributed by atoms with van der Waals surface area (Å²) in [5.74, 6) is 1.35. The van der Waals surface area contributed by atoms with Gasteiger partial charge in [0, 0.05) is 6.92 Å². The second-order valence-corrected chi connectivity index (χ2v) is 4.42. The Balaban J connectivity index is 2.18. The van der Waals surface area contributed by atoms with E-state index < -0.39 is 0 Å². The zero-order chi connectivity index (χ0) is 11.5. The molecule has 2 rings (SSSR count). The van der Waals surface area contributed by atoms with Gasteiger partial charge in [-0.15, -0.1) is 0 Å². The Labute approximate surface area is 95.7 Å². The van der Waals surface area contributed by atoms with Crippen LogP contribution in [-0.2, 0) is 6.42 Å². The Hall–Kier alpha value is -1.35. The molecule has 0 amide bonds. The Bertz CT molecular complexity index is 476. The molecule has 1 aromatic heterocycles. The molecule has 0 aliphatic heterocycles. The van der Waals surface area contributed by atoms with E-state index in [1.807, 2.05) is 13.0 Å². The zero-order valence-corrected chi connectivity index (χ0v) is 9.86. The molecule has 0 aliphatic rings. The van der Waals surface area contributed by atoms with E-state index in [-0.39, 0.29) is 0 Å². The van der Waals surface area contributed by atoms with Crippen molar-refractivity contribution in [1.29, 1.82) is 0 Å². The lowest BCUT2D eigenvalue weighted by molar-refractivity contribution is 0.538. The van der Waals surface area contributed by atoms with E-state index in [2.05, 4.69) is 24.0 Å². The van der Waals surface area contributed by atoms with Gasteiger partial charge in [0.2, 0.25) is 0 Å². The summed E-state index contributed by atoms with van der Waals surface area (Å²) in [5, 5.41) is 0. The minimum absolute atomic E-state index is 0.621. The van der Waals surface area contributed by atoms with Gasteiger partial charge in [0.15, 0.2) is 11.5 Å². The molecule has 1 unspecified atom stereocenters. The summed E-state index contributed by atoms with van der Waals surface area (Å²) >= 11 is 0. The third-order valence-electron chi connectivity index (χ3n) is 2.80. The molecular weight excluding hydrogens is 200 g/mol. The fourth-order valence-corrected chi connectivity index (χ4v) is 2.00. The highest BCUT2D eigenvalue weighted by molar-refractivity contribution is 5.73. The molecule has 0 radical (unpaired) electrons. The smallest absolute Gasteiger partial charge is 0.192 e. The van der Waals surface area contributed by atoms with Crippen LogP contribution in [0.4, 0.5) is 0 Å². The van der Waals surface area contributed by atoms with Crippen LogP contribution < -0.4 is 5.73 Å². The number of oxazole rings is 1. The first-order valence-electron chi connectivity index (χ1n) is 5.75. The van der Waals surface area contributed by atoms with Gasteiger partial charge in [0.05, 0.1) is 0 Å². The van der Waals surface area contributed by atoms with Crippen LogP contribution in [0, 0.1) is 12.8 Å². The summed E-state index contributed by atoms with van der Waals surface area (Å²) < 4.78 is 5.44. The predicted octanol–water partition coefficient (Wildman–Crippen LogP) is 2.66. The van der Waals surface area contributed by atoms with E-state index in [1.165, 1.54) is 5.56 Å². The number of aromatic nitrogens is 1. The molecule has 3 nitrogen and oxygen atoms in total. The second kappa shape index (κ2) is 4.66. The van der Waals surface area contributed by atoms with E-state index in [1.54, 1.807) is 0 Å². The zero-order valence-electron chi connectivity index (χ0n) is 9.86. The van der Waals surface area contributed by atoms with Crippen LogP contribution in [0.3, 0.4) is 0 Å². The maximum Gasteiger partial charge on any atom is 0.192 e. The number of nitrogens with two attached hydrogens (primary N) is 1. The molecular formula is C13H18N2O. The number of hydrogen-bond donors (Lipinski definition) is 1. The Morgan fingerprint density at radius 2 is 2.25 bits per heavy atom. The van der Waals surface area contributed by atoms with Crippen LogP contribution >= 0.6 is 0 Å². The van der Waals surface area contributed by atoms with Crippen molar-refractivity contribution >= 4 is 11.1 Å². The van der Waals surface area contributed by atoms with E-state index >= 15 is 0 Å². The van der Waals surface area contributed by atoms with Gasteiger partial charge in [-0.3, -0.25) is 0 Å². The number of rotatable bonds is 4. The minimum atomic E-state index is 0.621. The van der Waals surface area contributed by atoms with Crippen LogP contribution in [0.2, 0.25) is 0 Å². The molecule has 0 bridgehead atoms. The van der Waals surface area contributed by atoms with Crippen LogP contribution in [0.1, 0.15) is 24.8 Å². The Kier molecular flexibility index (Phi) is 3.25. The molecule has 1 aromatic carbocycles. The third-order valence-corrected chi connectivity index (χ3v) is 2.80. The van der Waals surface area contributed by atoms with Crippen LogP contribution in [-0.4, -0.2) is 11.5 Å². The molecule has 0 saturated carbocycles. The highest BCUT2D eigenvalue weighted by Crippen LogP contribution is 2.19. The van der Waals surface area contributed by atoms with Gasteiger partial charge in [-0.2, -0.15) is 0 Å². The van der Waals surface area contributed by atoms with Gasteiger partial charge in [0.1, 0.15) is 5.52 Å². The molecule has 16 heavy (non-hydrogen) atoms.